The Morgan fingerprint density at radius 3 is 2.15 bits per heavy atom. The monoisotopic (exact) mass is 286 g/mol. The predicted octanol–water partition coefficient (Wildman–Crippen LogP) is -0.587. The summed E-state index contributed by atoms with van der Waals surface area (Å²) in [6.07, 6.45) is 0.739. The highest BCUT2D eigenvalue weighted by molar-refractivity contribution is 5.90. The summed E-state index contributed by atoms with van der Waals surface area (Å²) in [5.41, 5.74) is -0.296. The molecule has 0 saturated carbocycles. The van der Waals surface area contributed by atoms with Crippen LogP contribution in [0.2, 0.25) is 0 Å². The molecule has 1 aromatic rings. The van der Waals surface area contributed by atoms with Gasteiger partial charge in [-0.25, -0.2) is 15.2 Å². The fourth-order valence-corrected chi connectivity index (χ4v) is 1.44. The Balaban J connectivity index is 2.91. The summed E-state index contributed by atoms with van der Waals surface area (Å²) < 4.78 is 0. The van der Waals surface area contributed by atoms with Crippen molar-refractivity contribution in [3.63, 3.8) is 0 Å². The van der Waals surface area contributed by atoms with Crippen LogP contribution in [0.5, 0.6) is 0 Å². The number of carbonyl (C=O) groups is 1. The Hall–Kier alpha value is -1.75. The molecule has 9 nitrogen and oxygen atoms in total. The van der Waals surface area contributed by atoms with Crippen molar-refractivity contribution < 1.29 is 25.7 Å². The van der Waals surface area contributed by atoms with Gasteiger partial charge in [-0.3, -0.25) is 0 Å². The highest BCUT2D eigenvalue weighted by Crippen LogP contribution is 2.17. The van der Waals surface area contributed by atoms with E-state index in [2.05, 4.69) is 10.6 Å². The molecular formula is C11H18N4O5. The van der Waals surface area contributed by atoms with Crippen molar-refractivity contribution in [3.05, 3.63) is 28.6 Å². The van der Waals surface area contributed by atoms with Gasteiger partial charge < -0.3 is 21.0 Å². The predicted molar refractivity (Wildman–Crippen MR) is 69.9 cm³/mol. The van der Waals surface area contributed by atoms with Gasteiger partial charge in [0.05, 0.1) is 11.8 Å². The van der Waals surface area contributed by atoms with Crippen molar-refractivity contribution in [1.29, 1.82) is 0 Å². The number of amides is 2. The Morgan fingerprint density at radius 1 is 1.25 bits per heavy atom. The lowest BCUT2D eigenvalue weighted by Gasteiger charge is -2.18. The smallest absolute Gasteiger partial charge is 0.319 e. The number of anilines is 1. The Kier molecular flexibility index (Phi) is 5.82. The number of urea groups is 1. The molecule has 20 heavy (non-hydrogen) atoms. The van der Waals surface area contributed by atoms with Crippen LogP contribution in [-0.2, 0) is 0 Å². The molecule has 6 N–H and O–H groups in total. The second-order valence-electron chi connectivity index (χ2n) is 4.32. The fraction of sp³-hybridized carbons (Fsp3) is 0.364. The zero-order chi connectivity index (χ0) is 15.3. The minimum atomic E-state index is -1.27. The quantitative estimate of drug-likeness (QED) is 0.402. The van der Waals surface area contributed by atoms with Crippen LogP contribution in [0.3, 0.4) is 0 Å². The van der Waals surface area contributed by atoms with E-state index in [1.165, 1.54) is 12.1 Å². The number of carbonyl (C=O) groups excluding carboxylic acids is 1. The van der Waals surface area contributed by atoms with Gasteiger partial charge in [0.25, 0.3) is 0 Å². The lowest BCUT2D eigenvalue weighted by molar-refractivity contribution is -0.996. The van der Waals surface area contributed by atoms with E-state index in [9.17, 15) is 15.2 Å². The second kappa shape index (κ2) is 7.14. The Morgan fingerprint density at radius 2 is 1.75 bits per heavy atom. The fourth-order valence-electron chi connectivity index (χ4n) is 1.44. The van der Waals surface area contributed by atoms with Crippen LogP contribution in [-0.4, -0.2) is 22.5 Å². The molecule has 9 heteroatoms. The van der Waals surface area contributed by atoms with Crippen molar-refractivity contribution in [2.75, 3.05) is 5.32 Å². The third kappa shape index (κ3) is 4.74. The van der Waals surface area contributed by atoms with E-state index in [4.69, 9.17) is 10.4 Å². The molecule has 0 saturated heterocycles. The second-order valence-corrected chi connectivity index (χ2v) is 4.32. The van der Waals surface area contributed by atoms with E-state index in [0.29, 0.717) is 0 Å². The standard InChI is InChI=1S/C11H18N4O5/c1-3-7(2)12-11(16)13-8-4-9(14(17)18)6-10(5-8)15(19)20/h4-7,14-15,17,19H,3H2,1-2H3,(H2,12,13,16)/t7-/m0/s1. The first-order valence-electron chi connectivity index (χ1n) is 6.02. The maximum Gasteiger partial charge on any atom is 0.319 e. The highest BCUT2D eigenvalue weighted by Gasteiger charge is 2.13. The first-order chi connectivity index (χ1) is 9.33. The van der Waals surface area contributed by atoms with Gasteiger partial charge in [-0.2, -0.15) is 10.5 Å². The van der Waals surface area contributed by atoms with E-state index in [-0.39, 0.29) is 23.1 Å². The molecule has 1 rings (SSSR count). The van der Waals surface area contributed by atoms with Crippen molar-refractivity contribution in [2.24, 2.45) is 0 Å². The maximum absolute atomic E-state index is 11.6. The molecule has 0 aliphatic carbocycles. The molecule has 0 heterocycles. The average molecular weight is 286 g/mol. The molecule has 0 aliphatic heterocycles. The number of hydrogen-bond acceptors (Lipinski definition) is 5. The van der Waals surface area contributed by atoms with Gasteiger partial charge in [0.2, 0.25) is 0 Å². The van der Waals surface area contributed by atoms with Crippen LogP contribution < -0.4 is 21.1 Å². The molecule has 3 atom stereocenters. The lowest BCUT2D eigenvalue weighted by atomic mass is 10.2. The molecule has 0 fully saturated rings. The SMILES string of the molecule is CC[C@H](C)NC(=O)Nc1cc([NH+]([O-])O)cc([NH+]([O-])O)c1. The van der Waals surface area contributed by atoms with Crippen molar-refractivity contribution in [3.8, 4) is 0 Å². The zero-order valence-electron chi connectivity index (χ0n) is 11.1. The molecule has 0 aromatic heterocycles. The molecular weight excluding hydrogens is 268 g/mol. The van der Waals surface area contributed by atoms with Crippen LogP contribution in [0.25, 0.3) is 0 Å². The van der Waals surface area contributed by atoms with Gasteiger partial charge in [-0.05, 0) is 13.3 Å². The number of quaternary nitrogens is 2. The minimum Gasteiger partial charge on any atom is -0.595 e. The number of rotatable bonds is 5. The van der Waals surface area contributed by atoms with E-state index in [1.54, 1.807) is 0 Å². The summed E-state index contributed by atoms with van der Waals surface area (Å²) in [6, 6.07) is 2.87. The zero-order valence-corrected chi connectivity index (χ0v) is 11.1. The van der Waals surface area contributed by atoms with Gasteiger partial charge in [-0.15, -0.1) is 0 Å². The molecule has 1 aromatic carbocycles. The summed E-state index contributed by atoms with van der Waals surface area (Å²) in [5, 5.41) is 42.2. The van der Waals surface area contributed by atoms with Crippen LogP contribution in [0.1, 0.15) is 20.3 Å². The minimum absolute atomic E-state index is 0.0448. The molecule has 112 valence electrons. The average Bonchev–Trinajstić information content (AvgIpc) is 2.37. The third-order valence-corrected chi connectivity index (χ3v) is 2.67. The first kappa shape index (κ1) is 16.3. The molecule has 2 unspecified atom stereocenters. The topological polar surface area (TPSA) is 137 Å². The van der Waals surface area contributed by atoms with Crippen LogP contribution in [0, 0.1) is 10.4 Å². The van der Waals surface area contributed by atoms with Crippen molar-refractivity contribution in [1.82, 2.24) is 5.32 Å². The van der Waals surface area contributed by atoms with Crippen LogP contribution in [0.4, 0.5) is 21.9 Å². The van der Waals surface area contributed by atoms with Crippen molar-refractivity contribution in [2.45, 2.75) is 26.3 Å². The molecule has 0 bridgehead atoms. The Labute approximate surface area is 115 Å². The first-order valence-corrected chi connectivity index (χ1v) is 6.02. The van der Waals surface area contributed by atoms with Crippen LogP contribution >= 0.6 is 0 Å². The van der Waals surface area contributed by atoms with Gasteiger partial charge in [0.15, 0.2) is 11.4 Å². The van der Waals surface area contributed by atoms with E-state index in [0.717, 1.165) is 12.5 Å². The van der Waals surface area contributed by atoms with Crippen molar-refractivity contribution >= 4 is 23.1 Å². The van der Waals surface area contributed by atoms with Crippen LogP contribution in [0.15, 0.2) is 18.2 Å². The van der Waals surface area contributed by atoms with Gasteiger partial charge in [0.1, 0.15) is 0 Å². The maximum atomic E-state index is 11.6. The summed E-state index contributed by atoms with van der Waals surface area (Å²) in [5.74, 6) is 0. The normalized spacial score (nSPS) is 15.3. The summed E-state index contributed by atoms with van der Waals surface area (Å²) in [4.78, 5) is 11.6. The summed E-state index contributed by atoms with van der Waals surface area (Å²) in [6.45, 7) is 3.72. The van der Waals surface area contributed by atoms with Gasteiger partial charge in [-0.1, -0.05) is 6.92 Å². The molecule has 2 amide bonds. The molecule has 0 aliphatic rings. The lowest BCUT2D eigenvalue weighted by Crippen LogP contribution is -3.00. The number of benzene rings is 1. The highest BCUT2D eigenvalue weighted by atomic mass is 16.8. The van der Waals surface area contributed by atoms with Gasteiger partial charge in [0, 0.05) is 18.2 Å². The molecule has 0 radical (unpaired) electrons. The Bertz CT molecular complexity index is 440. The number of nitrogens with one attached hydrogen (secondary N) is 4. The number of hydrogen-bond donors (Lipinski definition) is 6. The van der Waals surface area contributed by atoms with E-state index >= 15 is 0 Å². The third-order valence-electron chi connectivity index (χ3n) is 2.67. The van der Waals surface area contributed by atoms with E-state index in [1.807, 2.05) is 13.8 Å². The summed E-state index contributed by atoms with van der Waals surface area (Å²) in [7, 11) is 0. The van der Waals surface area contributed by atoms with Gasteiger partial charge >= 0.3 is 6.03 Å². The molecule has 0 spiro atoms. The summed E-state index contributed by atoms with van der Waals surface area (Å²) >= 11 is 0. The largest absolute Gasteiger partial charge is 0.595 e. The van der Waals surface area contributed by atoms with E-state index < -0.39 is 16.5 Å².